The van der Waals surface area contributed by atoms with Crippen LogP contribution in [0, 0.1) is 0 Å². The number of amides is 1. The Balaban J connectivity index is 1.54. The number of anilines is 1. The molecule has 2 aromatic rings. The first-order valence-electron chi connectivity index (χ1n) is 8.08. The van der Waals surface area contributed by atoms with Gasteiger partial charge in [0.15, 0.2) is 0 Å². The molecule has 24 heavy (non-hydrogen) atoms. The van der Waals surface area contributed by atoms with Crippen molar-refractivity contribution in [2.24, 2.45) is 5.73 Å². The number of hydrogen-bond donors (Lipinski definition) is 1. The molecule has 0 bridgehead atoms. The number of halogens is 1. The van der Waals surface area contributed by atoms with E-state index in [0.717, 1.165) is 28.9 Å². The van der Waals surface area contributed by atoms with Gasteiger partial charge in [-0.05, 0) is 40.0 Å². The maximum absolute atomic E-state index is 12.6. The molecule has 1 aromatic heterocycles. The molecule has 1 atom stereocenters. The van der Waals surface area contributed by atoms with Crippen molar-refractivity contribution in [1.29, 1.82) is 0 Å². The smallest absolute Gasteiger partial charge is 0.239 e. The third-order valence-electron chi connectivity index (χ3n) is 4.24. The van der Waals surface area contributed by atoms with Gasteiger partial charge in [0.2, 0.25) is 5.91 Å². The highest BCUT2D eigenvalue weighted by Crippen LogP contribution is 2.17. The van der Waals surface area contributed by atoms with Crippen molar-refractivity contribution < 1.29 is 4.79 Å². The van der Waals surface area contributed by atoms with Crippen LogP contribution in [0.3, 0.4) is 0 Å². The van der Waals surface area contributed by atoms with E-state index in [0.29, 0.717) is 19.5 Å². The molecule has 126 valence electrons. The second kappa shape index (κ2) is 7.77. The first-order valence-corrected chi connectivity index (χ1v) is 8.87. The first-order chi connectivity index (χ1) is 11.6. The number of nitrogens with two attached hydrogens (primary N) is 1. The van der Waals surface area contributed by atoms with Gasteiger partial charge in [-0.15, -0.1) is 0 Å². The Morgan fingerprint density at radius 2 is 1.83 bits per heavy atom. The minimum Gasteiger partial charge on any atom is -0.353 e. The fraction of sp³-hybridized carbons (Fsp3) is 0.333. The normalized spacial score (nSPS) is 16.1. The summed E-state index contributed by atoms with van der Waals surface area (Å²) in [6, 6.07) is 13.4. The topological polar surface area (TPSA) is 62.5 Å². The van der Waals surface area contributed by atoms with Crippen LogP contribution in [0.25, 0.3) is 0 Å². The summed E-state index contributed by atoms with van der Waals surface area (Å²) in [5.74, 6) is 0.973. The Morgan fingerprint density at radius 3 is 2.46 bits per heavy atom. The molecule has 1 aromatic carbocycles. The summed E-state index contributed by atoms with van der Waals surface area (Å²) in [6.45, 7) is 2.91. The summed E-state index contributed by atoms with van der Waals surface area (Å²) in [7, 11) is 0. The molecule has 1 saturated heterocycles. The molecule has 0 aliphatic carbocycles. The summed E-state index contributed by atoms with van der Waals surface area (Å²) in [5.41, 5.74) is 7.21. The lowest BCUT2D eigenvalue weighted by Gasteiger charge is -2.36. The average molecular weight is 389 g/mol. The molecule has 0 spiro atoms. The van der Waals surface area contributed by atoms with Crippen molar-refractivity contribution >= 4 is 27.7 Å². The van der Waals surface area contributed by atoms with Gasteiger partial charge in [-0.25, -0.2) is 4.98 Å². The fourth-order valence-electron chi connectivity index (χ4n) is 2.90. The van der Waals surface area contributed by atoms with E-state index in [1.165, 1.54) is 0 Å². The van der Waals surface area contributed by atoms with Crippen molar-refractivity contribution in [2.45, 2.75) is 12.5 Å². The van der Waals surface area contributed by atoms with Crippen LogP contribution in [0.15, 0.2) is 53.1 Å². The number of carbonyl (C=O) groups excluding carboxylic acids is 1. The van der Waals surface area contributed by atoms with Gasteiger partial charge in [-0.1, -0.05) is 30.3 Å². The van der Waals surface area contributed by atoms with Crippen LogP contribution in [-0.4, -0.2) is 48.0 Å². The number of piperazine rings is 1. The largest absolute Gasteiger partial charge is 0.353 e. The average Bonchev–Trinajstić information content (AvgIpc) is 2.63. The first kappa shape index (κ1) is 16.9. The monoisotopic (exact) mass is 388 g/mol. The zero-order valence-electron chi connectivity index (χ0n) is 13.4. The molecule has 1 aliphatic rings. The predicted molar refractivity (Wildman–Crippen MR) is 98.9 cm³/mol. The van der Waals surface area contributed by atoms with Gasteiger partial charge in [0, 0.05) is 36.8 Å². The van der Waals surface area contributed by atoms with Crippen LogP contribution in [0.1, 0.15) is 5.56 Å². The van der Waals surface area contributed by atoms with E-state index in [4.69, 9.17) is 5.73 Å². The van der Waals surface area contributed by atoms with E-state index >= 15 is 0 Å². The number of rotatable bonds is 4. The SMILES string of the molecule is NC(Cc1ccccc1)C(=O)N1CCN(c2ccc(Br)cn2)CC1. The third kappa shape index (κ3) is 4.13. The quantitative estimate of drug-likeness (QED) is 0.870. The molecule has 3 rings (SSSR count). The Kier molecular flexibility index (Phi) is 5.48. The summed E-state index contributed by atoms with van der Waals surface area (Å²) in [4.78, 5) is 21.0. The fourth-order valence-corrected chi connectivity index (χ4v) is 3.14. The molecule has 1 fully saturated rings. The van der Waals surface area contributed by atoms with E-state index in [-0.39, 0.29) is 5.91 Å². The highest BCUT2D eigenvalue weighted by atomic mass is 79.9. The van der Waals surface area contributed by atoms with E-state index in [1.807, 2.05) is 47.4 Å². The van der Waals surface area contributed by atoms with Crippen molar-refractivity contribution in [3.63, 3.8) is 0 Å². The van der Waals surface area contributed by atoms with Crippen LogP contribution in [0.4, 0.5) is 5.82 Å². The lowest BCUT2D eigenvalue weighted by Crippen LogP contribution is -2.53. The highest BCUT2D eigenvalue weighted by molar-refractivity contribution is 9.10. The van der Waals surface area contributed by atoms with Crippen molar-refractivity contribution in [3.8, 4) is 0 Å². The number of aromatic nitrogens is 1. The molecule has 1 unspecified atom stereocenters. The highest BCUT2D eigenvalue weighted by Gasteiger charge is 2.25. The molecule has 0 saturated carbocycles. The van der Waals surface area contributed by atoms with Gasteiger partial charge < -0.3 is 15.5 Å². The van der Waals surface area contributed by atoms with Crippen LogP contribution in [-0.2, 0) is 11.2 Å². The van der Waals surface area contributed by atoms with Crippen LogP contribution >= 0.6 is 15.9 Å². The summed E-state index contributed by atoms with van der Waals surface area (Å²) >= 11 is 3.39. The molecular weight excluding hydrogens is 368 g/mol. The van der Waals surface area contributed by atoms with E-state index < -0.39 is 6.04 Å². The summed E-state index contributed by atoms with van der Waals surface area (Å²) in [6.07, 6.45) is 2.37. The molecular formula is C18H21BrN4O. The third-order valence-corrected chi connectivity index (χ3v) is 4.71. The van der Waals surface area contributed by atoms with Gasteiger partial charge in [0.25, 0.3) is 0 Å². The maximum Gasteiger partial charge on any atom is 0.239 e. The zero-order valence-corrected chi connectivity index (χ0v) is 15.0. The van der Waals surface area contributed by atoms with Gasteiger partial charge >= 0.3 is 0 Å². The minimum absolute atomic E-state index is 0.0299. The second-order valence-corrected chi connectivity index (χ2v) is 6.86. The van der Waals surface area contributed by atoms with Gasteiger partial charge in [0.1, 0.15) is 5.82 Å². The maximum atomic E-state index is 12.6. The molecule has 5 nitrogen and oxygen atoms in total. The number of nitrogens with zero attached hydrogens (tertiary/aromatic N) is 3. The van der Waals surface area contributed by atoms with Gasteiger partial charge in [-0.3, -0.25) is 4.79 Å². The van der Waals surface area contributed by atoms with Crippen molar-refractivity contribution in [2.75, 3.05) is 31.1 Å². The zero-order chi connectivity index (χ0) is 16.9. The Hall–Kier alpha value is -1.92. The number of pyridine rings is 1. The molecule has 1 aliphatic heterocycles. The summed E-state index contributed by atoms with van der Waals surface area (Å²) < 4.78 is 0.965. The van der Waals surface area contributed by atoms with Gasteiger partial charge in [-0.2, -0.15) is 0 Å². The lowest BCUT2D eigenvalue weighted by molar-refractivity contribution is -0.132. The minimum atomic E-state index is -0.482. The van der Waals surface area contributed by atoms with Crippen molar-refractivity contribution in [3.05, 3.63) is 58.7 Å². The molecule has 0 radical (unpaired) electrons. The standard InChI is InChI=1S/C18H21BrN4O/c19-15-6-7-17(21-13-15)22-8-10-23(11-9-22)18(24)16(20)12-14-4-2-1-3-5-14/h1-7,13,16H,8-12,20H2. The van der Waals surface area contributed by atoms with E-state index in [9.17, 15) is 4.79 Å². The van der Waals surface area contributed by atoms with Crippen LogP contribution in [0.2, 0.25) is 0 Å². The lowest BCUT2D eigenvalue weighted by atomic mass is 10.1. The van der Waals surface area contributed by atoms with E-state index in [1.54, 1.807) is 6.20 Å². The Bertz CT molecular complexity index is 669. The molecule has 6 heteroatoms. The van der Waals surface area contributed by atoms with Crippen LogP contribution < -0.4 is 10.6 Å². The summed E-state index contributed by atoms with van der Waals surface area (Å²) in [5, 5.41) is 0. The molecule has 2 heterocycles. The number of benzene rings is 1. The predicted octanol–water partition coefficient (Wildman–Crippen LogP) is 2.06. The number of carbonyl (C=O) groups is 1. The number of hydrogen-bond acceptors (Lipinski definition) is 4. The Labute approximate surface area is 150 Å². The van der Waals surface area contributed by atoms with Crippen molar-refractivity contribution in [1.82, 2.24) is 9.88 Å². The van der Waals surface area contributed by atoms with Gasteiger partial charge in [0.05, 0.1) is 6.04 Å². The molecule has 2 N–H and O–H groups in total. The second-order valence-electron chi connectivity index (χ2n) is 5.94. The van der Waals surface area contributed by atoms with Crippen LogP contribution in [0.5, 0.6) is 0 Å². The molecule has 1 amide bonds. The Morgan fingerprint density at radius 1 is 1.12 bits per heavy atom. The van der Waals surface area contributed by atoms with E-state index in [2.05, 4.69) is 25.8 Å².